The zero-order valence-corrected chi connectivity index (χ0v) is 16.9. The molecule has 0 amide bonds. The molecule has 0 bridgehead atoms. The number of hydrogen-bond donors (Lipinski definition) is 1. The first-order valence-corrected chi connectivity index (χ1v) is 9.48. The quantitative estimate of drug-likeness (QED) is 0.447. The van der Waals surface area contributed by atoms with Crippen LogP contribution in [0.4, 0.5) is 5.69 Å². The molecular weight excluding hydrogens is 374 g/mol. The lowest BCUT2D eigenvalue weighted by Crippen LogP contribution is -2.21. The number of aliphatic hydroxyl groups is 1. The third-order valence-corrected chi connectivity index (χ3v) is 4.71. The van der Waals surface area contributed by atoms with Crippen LogP contribution in [0, 0.1) is 16.0 Å². The number of hydrogen-bond acceptors (Lipinski definition) is 6. The van der Waals surface area contributed by atoms with Crippen LogP contribution in [0.2, 0.25) is 0 Å². The van der Waals surface area contributed by atoms with Crippen molar-refractivity contribution in [1.29, 1.82) is 0 Å². The van der Waals surface area contributed by atoms with Gasteiger partial charge in [0.2, 0.25) is 0 Å². The standard InChI is InChI=1S/C22H27NO6/c1-15(2)21(25)12-19(24)13-22(17-6-8-18(9-7-17)23(26)27)29-14-16-4-10-20(28-3)11-5-16/h4-11,15,21-22,25H,12-14H2,1-3H3/t21-,22-/m0/s1. The van der Waals surface area contributed by atoms with E-state index >= 15 is 0 Å². The van der Waals surface area contributed by atoms with Crippen molar-refractivity contribution >= 4 is 11.5 Å². The van der Waals surface area contributed by atoms with Gasteiger partial charge in [0.25, 0.3) is 5.69 Å². The van der Waals surface area contributed by atoms with Crippen molar-refractivity contribution in [2.24, 2.45) is 5.92 Å². The number of ketones is 1. The first-order valence-electron chi connectivity index (χ1n) is 9.48. The second-order valence-electron chi connectivity index (χ2n) is 7.25. The number of methoxy groups -OCH3 is 1. The van der Waals surface area contributed by atoms with Gasteiger partial charge in [-0.1, -0.05) is 26.0 Å². The van der Waals surface area contributed by atoms with Gasteiger partial charge in [0.1, 0.15) is 11.5 Å². The minimum absolute atomic E-state index is 0.0167. The summed E-state index contributed by atoms with van der Waals surface area (Å²) in [6, 6.07) is 13.4. The van der Waals surface area contributed by atoms with Crippen LogP contribution >= 0.6 is 0 Å². The van der Waals surface area contributed by atoms with Crippen LogP contribution in [0.3, 0.4) is 0 Å². The number of nitro benzene ring substituents is 1. The van der Waals surface area contributed by atoms with Gasteiger partial charge in [0.15, 0.2) is 0 Å². The molecule has 2 aromatic carbocycles. The van der Waals surface area contributed by atoms with Crippen LogP contribution in [-0.4, -0.2) is 29.0 Å². The molecule has 0 spiro atoms. The topological polar surface area (TPSA) is 98.9 Å². The van der Waals surface area contributed by atoms with Crippen molar-refractivity contribution in [3.05, 3.63) is 69.8 Å². The number of Topliss-reactive ketones (excluding diaryl/α,β-unsaturated/α-hetero) is 1. The second-order valence-corrected chi connectivity index (χ2v) is 7.25. The molecule has 7 heteroatoms. The van der Waals surface area contributed by atoms with E-state index in [0.29, 0.717) is 5.56 Å². The Bertz CT molecular complexity index is 801. The Balaban J connectivity index is 2.12. The number of nitrogens with zero attached hydrogens (tertiary/aromatic N) is 1. The molecule has 0 fully saturated rings. The summed E-state index contributed by atoms with van der Waals surface area (Å²) in [6.07, 6.45) is -1.14. The number of benzene rings is 2. The lowest BCUT2D eigenvalue weighted by molar-refractivity contribution is -0.384. The Morgan fingerprint density at radius 1 is 1.07 bits per heavy atom. The Labute approximate surface area is 170 Å². The van der Waals surface area contributed by atoms with Gasteiger partial charge in [0.05, 0.1) is 30.8 Å². The van der Waals surface area contributed by atoms with E-state index < -0.39 is 17.1 Å². The molecule has 0 aliphatic rings. The van der Waals surface area contributed by atoms with E-state index in [4.69, 9.17) is 9.47 Å². The number of carbonyl (C=O) groups is 1. The molecule has 156 valence electrons. The van der Waals surface area contributed by atoms with Crippen LogP contribution in [-0.2, 0) is 16.1 Å². The largest absolute Gasteiger partial charge is 0.497 e. The summed E-state index contributed by atoms with van der Waals surface area (Å²) in [4.78, 5) is 22.9. The molecule has 0 unspecified atom stereocenters. The zero-order valence-electron chi connectivity index (χ0n) is 16.9. The van der Waals surface area contributed by atoms with E-state index in [2.05, 4.69) is 0 Å². The summed E-state index contributed by atoms with van der Waals surface area (Å²) < 4.78 is 11.1. The van der Waals surface area contributed by atoms with E-state index in [9.17, 15) is 20.0 Å². The number of carbonyl (C=O) groups excluding carboxylic acids is 1. The molecule has 0 aromatic heterocycles. The van der Waals surface area contributed by atoms with Gasteiger partial charge in [-0.3, -0.25) is 14.9 Å². The maximum absolute atomic E-state index is 12.4. The zero-order chi connectivity index (χ0) is 21.4. The van der Waals surface area contributed by atoms with Crippen LogP contribution < -0.4 is 4.74 Å². The van der Waals surface area contributed by atoms with Crippen molar-refractivity contribution in [3.63, 3.8) is 0 Å². The molecule has 7 nitrogen and oxygen atoms in total. The number of aliphatic hydroxyl groups excluding tert-OH is 1. The van der Waals surface area contributed by atoms with Crippen LogP contribution in [0.5, 0.6) is 5.75 Å². The molecular formula is C22H27NO6. The van der Waals surface area contributed by atoms with E-state index in [0.717, 1.165) is 11.3 Å². The van der Waals surface area contributed by atoms with E-state index in [1.807, 2.05) is 38.1 Å². The first kappa shape index (κ1) is 22.5. The Morgan fingerprint density at radius 2 is 1.69 bits per heavy atom. The Hall–Kier alpha value is -2.77. The number of ether oxygens (including phenoxy) is 2. The summed E-state index contributed by atoms with van der Waals surface area (Å²) in [6.45, 7) is 3.98. The fourth-order valence-electron chi connectivity index (χ4n) is 2.76. The summed E-state index contributed by atoms with van der Waals surface area (Å²) >= 11 is 0. The number of non-ortho nitro benzene ring substituents is 1. The molecule has 1 N–H and O–H groups in total. The first-order chi connectivity index (χ1) is 13.8. The maximum Gasteiger partial charge on any atom is 0.269 e. The monoisotopic (exact) mass is 401 g/mol. The predicted molar refractivity (Wildman–Crippen MR) is 109 cm³/mol. The van der Waals surface area contributed by atoms with E-state index in [1.165, 1.54) is 12.1 Å². The van der Waals surface area contributed by atoms with E-state index in [-0.39, 0.29) is 36.8 Å². The molecule has 2 rings (SSSR count). The highest BCUT2D eigenvalue weighted by Gasteiger charge is 2.21. The van der Waals surface area contributed by atoms with Gasteiger partial charge in [-0.25, -0.2) is 0 Å². The molecule has 2 aromatic rings. The molecule has 29 heavy (non-hydrogen) atoms. The average molecular weight is 401 g/mol. The summed E-state index contributed by atoms with van der Waals surface area (Å²) in [5.74, 6) is 0.597. The minimum atomic E-state index is -0.707. The second kappa shape index (κ2) is 10.7. The van der Waals surface area contributed by atoms with Gasteiger partial charge >= 0.3 is 0 Å². The highest BCUT2D eigenvalue weighted by atomic mass is 16.6. The van der Waals surface area contributed by atoms with Gasteiger partial charge in [-0.15, -0.1) is 0 Å². The van der Waals surface area contributed by atoms with Crippen molar-refractivity contribution < 1.29 is 24.3 Å². The molecule has 0 aliphatic carbocycles. The van der Waals surface area contributed by atoms with Gasteiger partial charge in [0, 0.05) is 25.0 Å². The van der Waals surface area contributed by atoms with Crippen LogP contribution in [0.1, 0.15) is 43.9 Å². The van der Waals surface area contributed by atoms with E-state index in [1.54, 1.807) is 19.2 Å². The van der Waals surface area contributed by atoms with Crippen LogP contribution in [0.25, 0.3) is 0 Å². The van der Waals surface area contributed by atoms with Crippen molar-refractivity contribution in [3.8, 4) is 5.75 Å². The molecule has 0 aliphatic heterocycles. The summed E-state index contributed by atoms with van der Waals surface area (Å²) in [5, 5.41) is 20.9. The van der Waals surface area contributed by atoms with Crippen molar-refractivity contribution in [1.82, 2.24) is 0 Å². The van der Waals surface area contributed by atoms with Crippen molar-refractivity contribution in [2.45, 2.75) is 45.5 Å². The lowest BCUT2D eigenvalue weighted by atomic mass is 9.97. The number of rotatable bonds is 11. The third kappa shape index (κ3) is 6.96. The smallest absolute Gasteiger partial charge is 0.269 e. The van der Waals surface area contributed by atoms with Gasteiger partial charge in [-0.05, 0) is 41.3 Å². The molecule has 0 saturated heterocycles. The highest BCUT2D eigenvalue weighted by molar-refractivity contribution is 5.79. The maximum atomic E-state index is 12.4. The fourth-order valence-corrected chi connectivity index (χ4v) is 2.76. The molecule has 0 saturated carbocycles. The molecule has 0 radical (unpaired) electrons. The fraction of sp³-hybridized carbons (Fsp3) is 0.409. The Kier molecular flexibility index (Phi) is 8.30. The number of nitro groups is 1. The van der Waals surface area contributed by atoms with Crippen LogP contribution in [0.15, 0.2) is 48.5 Å². The summed E-state index contributed by atoms with van der Waals surface area (Å²) in [7, 11) is 1.59. The SMILES string of the molecule is COc1ccc(CO[C@@H](CC(=O)C[C@H](O)C(C)C)c2ccc([N+](=O)[O-])cc2)cc1. The average Bonchev–Trinajstić information content (AvgIpc) is 2.71. The lowest BCUT2D eigenvalue weighted by Gasteiger charge is -2.20. The highest BCUT2D eigenvalue weighted by Crippen LogP contribution is 2.27. The predicted octanol–water partition coefficient (Wildman–Crippen LogP) is 4.23. The summed E-state index contributed by atoms with van der Waals surface area (Å²) in [5.41, 5.74) is 1.56. The van der Waals surface area contributed by atoms with Crippen molar-refractivity contribution in [2.75, 3.05) is 7.11 Å². The molecule has 0 heterocycles. The molecule has 2 atom stereocenters. The van der Waals surface area contributed by atoms with Gasteiger partial charge in [-0.2, -0.15) is 0 Å². The third-order valence-electron chi connectivity index (χ3n) is 4.71. The minimum Gasteiger partial charge on any atom is -0.497 e. The Morgan fingerprint density at radius 3 is 2.21 bits per heavy atom. The van der Waals surface area contributed by atoms with Gasteiger partial charge < -0.3 is 14.6 Å². The normalized spacial score (nSPS) is 13.1.